The summed E-state index contributed by atoms with van der Waals surface area (Å²) in [5.74, 6) is -13.2. The number of hydrogen-bond donors (Lipinski definition) is 8. The number of benzene rings is 4. The van der Waals surface area contributed by atoms with E-state index in [1.165, 1.54) is 36.4 Å². The van der Waals surface area contributed by atoms with E-state index in [2.05, 4.69) is 0 Å². The Kier molecular flexibility index (Phi) is 10.4. The Morgan fingerprint density at radius 1 is 0.312 bits per heavy atom. The van der Waals surface area contributed by atoms with Crippen molar-refractivity contribution in [2.45, 2.75) is 0 Å². The first-order valence-electron chi connectivity index (χ1n) is 12.9. The molecule has 0 amide bonds. The third kappa shape index (κ3) is 6.97. The lowest BCUT2D eigenvalue weighted by Crippen LogP contribution is -2.20. The number of carboxylic acids is 8. The van der Waals surface area contributed by atoms with E-state index in [4.69, 9.17) is 10.2 Å². The summed E-state index contributed by atoms with van der Waals surface area (Å²) in [6.45, 7) is 0. The molecule has 0 aliphatic heterocycles. The molecule has 0 spiro atoms. The van der Waals surface area contributed by atoms with Crippen molar-refractivity contribution in [3.8, 4) is 22.3 Å². The summed E-state index contributed by atoms with van der Waals surface area (Å²) in [7, 11) is 0. The fraction of sp³-hybridized carbons (Fsp3) is 0. The van der Waals surface area contributed by atoms with Gasteiger partial charge >= 0.3 is 47.8 Å². The SMILES string of the molecule is O=C(O)c1cc(-c2ccccc2)c(C(=O)O)c(C(=O)O)c1C(=O)O.O=C(O)c1cccc(-c2cccc(C(=O)O)c2C(=O)O)c1C(=O)O. The third-order valence-corrected chi connectivity index (χ3v) is 6.59. The van der Waals surface area contributed by atoms with E-state index in [0.717, 1.165) is 18.2 Å². The largest absolute Gasteiger partial charge is 0.478 e. The molecule has 0 bridgehead atoms. The number of carbonyl (C=O) groups is 8. The van der Waals surface area contributed by atoms with Gasteiger partial charge in [-0.25, -0.2) is 38.4 Å². The van der Waals surface area contributed by atoms with Crippen LogP contribution in [0.1, 0.15) is 82.9 Å². The zero-order valence-electron chi connectivity index (χ0n) is 23.8. The zero-order valence-corrected chi connectivity index (χ0v) is 23.8. The molecule has 0 saturated carbocycles. The predicted octanol–water partition coefficient (Wildman–Crippen LogP) is 4.29. The molecule has 16 heteroatoms. The van der Waals surface area contributed by atoms with Crippen molar-refractivity contribution in [3.63, 3.8) is 0 Å². The highest BCUT2D eigenvalue weighted by Crippen LogP contribution is 2.33. The Morgan fingerprint density at radius 2 is 0.688 bits per heavy atom. The molecule has 244 valence electrons. The van der Waals surface area contributed by atoms with Gasteiger partial charge in [-0.15, -0.1) is 0 Å². The second kappa shape index (κ2) is 14.2. The van der Waals surface area contributed by atoms with Crippen LogP contribution in [0.25, 0.3) is 22.3 Å². The smallest absolute Gasteiger partial charge is 0.337 e. The molecule has 48 heavy (non-hydrogen) atoms. The summed E-state index contributed by atoms with van der Waals surface area (Å²) in [6, 6.07) is 15.6. The van der Waals surface area contributed by atoms with Gasteiger partial charge in [-0.2, -0.15) is 0 Å². The molecule has 0 saturated heterocycles. The van der Waals surface area contributed by atoms with Gasteiger partial charge in [0, 0.05) is 0 Å². The molecule has 0 aromatic heterocycles. The van der Waals surface area contributed by atoms with Crippen molar-refractivity contribution in [3.05, 3.63) is 117 Å². The number of rotatable bonds is 10. The van der Waals surface area contributed by atoms with E-state index in [-0.39, 0.29) is 22.3 Å². The highest BCUT2D eigenvalue weighted by Gasteiger charge is 2.33. The van der Waals surface area contributed by atoms with Gasteiger partial charge in [0.1, 0.15) is 0 Å². The van der Waals surface area contributed by atoms with Crippen molar-refractivity contribution in [2.75, 3.05) is 0 Å². The average Bonchev–Trinajstić information content (AvgIpc) is 3.03. The standard InChI is InChI=1S/2C16H10O8/c17-13(18)9-5-1-3-7(11(9)15(21)22)8-4-2-6-10(14(19)20)12(8)16(23)24;17-13(18)9-6-8(7-4-2-1-3-5-7)10(14(19)20)12(16(23)24)11(9)15(21)22/h2*1-6H,(H,17,18)(H,19,20)(H,21,22)(H,23,24). The van der Waals surface area contributed by atoms with Crippen LogP contribution in [0.3, 0.4) is 0 Å². The summed E-state index contributed by atoms with van der Waals surface area (Å²) in [6.07, 6.45) is 0. The monoisotopic (exact) mass is 660 g/mol. The summed E-state index contributed by atoms with van der Waals surface area (Å²) < 4.78 is 0. The van der Waals surface area contributed by atoms with Crippen molar-refractivity contribution < 1.29 is 79.2 Å². The first-order chi connectivity index (χ1) is 22.5. The number of aromatic carboxylic acids is 8. The highest BCUT2D eigenvalue weighted by atomic mass is 16.4. The second-order valence-corrected chi connectivity index (χ2v) is 9.36. The maximum absolute atomic E-state index is 11.6. The quantitative estimate of drug-likeness (QED) is 0.118. The topological polar surface area (TPSA) is 298 Å². The Bertz CT molecular complexity index is 1970. The summed E-state index contributed by atoms with van der Waals surface area (Å²) in [5.41, 5.74) is -6.36. The van der Waals surface area contributed by atoms with E-state index in [1.807, 2.05) is 0 Å². The van der Waals surface area contributed by atoms with E-state index in [1.54, 1.807) is 18.2 Å². The van der Waals surface area contributed by atoms with Gasteiger partial charge in [-0.05, 0) is 40.5 Å². The van der Waals surface area contributed by atoms with Gasteiger partial charge in [0.25, 0.3) is 0 Å². The van der Waals surface area contributed by atoms with Crippen LogP contribution in [-0.4, -0.2) is 88.6 Å². The molecule has 8 N–H and O–H groups in total. The number of hydrogen-bond acceptors (Lipinski definition) is 8. The number of carboxylic acid groups (broad SMARTS) is 8. The summed E-state index contributed by atoms with van der Waals surface area (Å²) in [4.78, 5) is 91.2. The molecule has 4 rings (SSSR count). The predicted molar refractivity (Wildman–Crippen MR) is 159 cm³/mol. The van der Waals surface area contributed by atoms with Crippen molar-refractivity contribution in [2.24, 2.45) is 0 Å². The van der Waals surface area contributed by atoms with Crippen molar-refractivity contribution in [1.29, 1.82) is 0 Å². The molecular formula is C32H20O16. The van der Waals surface area contributed by atoms with Crippen LogP contribution in [0.4, 0.5) is 0 Å². The second-order valence-electron chi connectivity index (χ2n) is 9.36. The normalized spacial score (nSPS) is 10.2. The minimum atomic E-state index is -1.84. The average molecular weight is 660 g/mol. The van der Waals surface area contributed by atoms with Crippen LogP contribution in [0, 0.1) is 0 Å². The van der Waals surface area contributed by atoms with Gasteiger partial charge < -0.3 is 40.9 Å². The van der Waals surface area contributed by atoms with Crippen LogP contribution in [-0.2, 0) is 0 Å². The zero-order chi connectivity index (χ0) is 36.0. The molecule has 0 aliphatic carbocycles. The summed E-state index contributed by atoms with van der Waals surface area (Å²) in [5, 5.41) is 74.0. The fourth-order valence-electron chi connectivity index (χ4n) is 4.73. The third-order valence-electron chi connectivity index (χ3n) is 6.59. The molecule has 16 nitrogen and oxygen atoms in total. The maximum atomic E-state index is 11.6. The lowest BCUT2D eigenvalue weighted by molar-refractivity contribution is 0.0620. The Labute approximate surface area is 266 Å². The van der Waals surface area contributed by atoms with Crippen LogP contribution >= 0.6 is 0 Å². The van der Waals surface area contributed by atoms with Crippen molar-refractivity contribution in [1.82, 2.24) is 0 Å². The van der Waals surface area contributed by atoms with Crippen LogP contribution in [0.2, 0.25) is 0 Å². The maximum Gasteiger partial charge on any atom is 0.337 e. The minimum absolute atomic E-state index is 0.192. The molecule has 0 heterocycles. The fourth-order valence-corrected chi connectivity index (χ4v) is 4.73. The molecule has 0 atom stereocenters. The van der Waals surface area contributed by atoms with Gasteiger partial charge in [-0.3, -0.25) is 0 Å². The lowest BCUT2D eigenvalue weighted by atomic mass is 9.88. The first-order valence-corrected chi connectivity index (χ1v) is 12.9. The molecule has 0 fully saturated rings. The van der Waals surface area contributed by atoms with E-state index >= 15 is 0 Å². The lowest BCUT2D eigenvalue weighted by Gasteiger charge is -2.14. The van der Waals surface area contributed by atoms with Gasteiger partial charge in [0.2, 0.25) is 0 Å². The Morgan fingerprint density at radius 3 is 1.02 bits per heavy atom. The Hall–Kier alpha value is -7.36. The molecule has 4 aromatic carbocycles. The molecule has 0 aliphatic rings. The first kappa shape index (κ1) is 35.1. The molecule has 4 aromatic rings. The molecular weight excluding hydrogens is 640 g/mol. The van der Waals surface area contributed by atoms with E-state index in [0.29, 0.717) is 0 Å². The van der Waals surface area contributed by atoms with E-state index < -0.39 is 92.3 Å². The highest BCUT2D eigenvalue weighted by molar-refractivity contribution is 6.17. The Balaban J connectivity index is 0.000000260. The van der Waals surface area contributed by atoms with E-state index in [9.17, 15) is 69.0 Å². The van der Waals surface area contributed by atoms with Crippen LogP contribution < -0.4 is 0 Å². The van der Waals surface area contributed by atoms with Crippen molar-refractivity contribution >= 4 is 47.8 Å². The minimum Gasteiger partial charge on any atom is -0.478 e. The van der Waals surface area contributed by atoms with Gasteiger partial charge in [0.15, 0.2) is 0 Å². The van der Waals surface area contributed by atoms with Crippen LogP contribution in [0.15, 0.2) is 72.8 Å². The van der Waals surface area contributed by atoms with Gasteiger partial charge in [-0.1, -0.05) is 54.6 Å². The molecule has 0 unspecified atom stereocenters. The van der Waals surface area contributed by atoms with Crippen LogP contribution in [0.5, 0.6) is 0 Å². The van der Waals surface area contributed by atoms with Gasteiger partial charge in [0.05, 0.1) is 44.5 Å². The molecule has 0 radical (unpaired) electrons. The summed E-state index contributed by atoms with van der Waals surface area (Å²) >= 11 is 0.